The van der Waals surface area contributed by atoms with Crippen LogP contribution in [0.25, 0.3) is 0 Å². The van der Waals surface area contributed by atoms with E-state index in [1.165, 1.54) is 0 Å². The van der Waals surface area contributed by atoms with Crippen LogP contribution in [0, 0.1) is 0 Å². The molecule has 4 heteroatoms. The number of rotatable bonds is 5. The first-order valence-electron chi connectivity index (χ1n) is 4.12. The highest BCUT2D eigenvalue weighted by Gasteiger charge is 2.26. The van der Waals surface area contributed by atoms with Crippen LogP contribution >= 0.6 is 0 Å². The number of hydrogen-bond donors (Lipinski definition) is 1. The topological polar surface area (TPSA) is 46.5 Å². The maximum absolute atomic E-state index is 12.8. The maximum Gasteiger partial charge on any atom is 0.343 e. The Kier molecular flexibility index (Phi) is 5.62. The molecule has 0 rings (SSSR count). The van der Waals surface area contributed by atoms with E-state index in [4.69, 9.17) is 5.11 Å². The van der Waals surface area contributed by atoms with Crippen molar-refractivity contribution in [3.8, 4) is 0 Å². The van der Waals surface area contributed by atoms with Gasteiger partial charge in [-0.2, -0.15) is 0 Å². The number of aliphatic hydroxyl groups excluding tert-OH is 1. The summed E-state index contributed by atoms with van der Waals surface area (Å²) in [5.74, 6) is -0.974. The number of carbonyl (C=O) groups excluding carboxylic acids is 1. The second kappa shape index (κ2) is 5.94. The SMILES string of the molecule is CCC[C@H](O)[C@@H](F)C(=O)OCC. The van der Waals surface area contributed by atoms with Crippen molar-refractivity contribution in [2.45, 2.75) is 39.0 Å². The van der Waals surface area contributed by atoms with Gasteiger partial charge >= 0.3 is 5.97 Å². The molecular weight excluding hydrogens is 163 g/mol. The molecule has 3 nitrogen and oxygen atoms in total. The molecule has 12 heavy (non-hydrogen) atoms. The van der Waals surface area contributed by atoms with Crippen LogP contribution in [-0.4, -0.2) is 30.0 Å². The zero-order valence-corrected chi connectivity index (χ0v) is 7.42. The number of halogens is 1. The Bertz CT molecular complexity index is 138. The van der Waals surface area contributed by atoms with Gasteiger partial charge < -0.3 is 9.84 Å². The maximum atomic E-state index is 12.8. The van der Waals surface area contributed by atoms with Gasteiger partial charge in [-0.25, -0.2) is 9.18 Å². The Hall–Kier alpha value is -0.640. The molecule has 0 spiro atoms. The lowest BCUT2D eigenvalue weighted by Gasteiger charge is -2.12. The van der Waals surface area contributed by atoms with Crippen LogP contribution < -0.4 is 0 Å². The number of ether oxygens (including phenoxy) is 1. The molecule has 0 radical (unpaired) electrons. The van der Waals surface area contributed by atoms with E-state index in [1.807, 2.05) is 0 Å². The first kappa shape index (κ1) is 11.4. The highest BCUT2D eigenvalue weighted by molar-refractivity contribution is 5.75. The molecule has 0 aliphatic carbocycles. The Balaban J connectivity index is 3.82. The van der Waals surface area contributed by atoms with Crippen molar-refractivity contribution in [3.63, 3.8) is 0 Å². The van der Waals surface area contributed by atoms with Crippen molar-refractivity contribution in [3.05, 3.63) is 0 Å². The molecule has 0 aromatic rings. The largest absolute Gasteiger partial charge is 0.464 e. The summed E-state index contributed by atoms with van der Waals surface area (Å²) in [7, 11) is 0. The third-order valence-corrected chi connectivity index (χ3v) is 1.43. The fraction of sp³-hybridized carbons (Fsp3) is 0.875. The van der Waals surface area contributed by atoms with E-state index < -0.39 is 18.2 Å². The summed E-state index contributed by atoms with van der Waals surface area (Å²) in [6.07, 6.45) is -2.21. The van der Waals surface area contributed by atoms with E-state index in [9.17, 15) is 9.18 Å². The fourth-order valence-electron chi connectivity index (χ4n) is 0.821. The molecule has 0 saturated heterocycles. The van der Waals surface area contributed by atoms with Crippen molar-refractivity contribution < 1.29 is 19.0 Å². The van der Waals surface area contributed by atoms with E-state index in [0.717, 1.165) is 0 Å². The van der Waals surface area contributed by atoms with E-state index in [1.54, 1.807) is 13.8 Å². The lowest BCUT2D eigenvalue weighted by Crippen LogP contribution is -2.31. The summed E-state index contributed by atoms with van der Waals surface area (Å²) >= 11 is 0. The highest BCUT2D eigenvalue weighted by atomic mass is 19.1. The number of alkyl halides is 1. The number of carbonyl (C=O) groups is 1. The van der Waals surface area contributed by atoms with Crippen LogP contribution in [-0.2, 0) is 9.53 Å². The van der Waals surface area contributed by atoms with Crippen LogP contribution in [0.4, 0.5) is 4.39 Å². The molecule has 0 heterocycles. The minimum absolute atomic E-state index is 0.137. The molecule has 72 valence electrons. The summed E-state index contributed by atoms with van der Waals surface area (Å²) < 4.78 is 17.2. The molecule has 0 aromatic carbocycles. The molecule has 1 N–H and O–H groups in total. The van der Waals surface area contributed by atoms with Gasteiger partial charge in [-0.3, -0.25) is 0 Å². The van der Waals surface area contributed by atoms with Crippen LogP contribution in [0.3, 0.4) is 0 Å². The summed E-state index contributed by atoms with van der Waals surface area (Å²) in [6, 6.07) is 0. The first-order valence-corrected chi connectivity index (χ1v) is 4.12. The fourth-order valence-corrected chi connectivity index (χ4v) is 0.821. The number of esters is 1. The van der Waals surface area contributed by atoms with Gasteiger partial charge in [0.15, 0.2) is 0 Å². The van der Waals surface area contributed by atoms with Crippen molar-refractivity contribution in [1.29, 1.82) is 0 Å². The standard InChI is InChI=1S/C8H15FO3/c1-3-5-6(10)7(9)8(11)12-4-2/h6-7,10H,3-5H2,1-2H3/t6-,7+/m0/s1. The first-order chi connectivity index (χ1) is 5.63. The van der Waals surface area contributed by atoms with Crippen molar-refractivity contribution >= 4 is 5.97 Å². The Morgan fingerprint density at radius 1 is 1.58 bits per heavy atom. The third kappa shape index (κ3) is 3.67. The van der Waals surface area contributed by atoms with E-state index in [-0.39, 0.29) is 13.0 Å². The van der Waals surface area contributed by atoms with Gasteiger partial charge in [-0.1, -0.05) is 13.3 Å². The molecule has 2 atom stereocenters. The Morgan fingerprint density at radius 3 is 2.58 bits per heavy atom. The highest BCUT2D eigenvalue weighted by Crippen LogP contribution is 2.07. The summed E-state index contributed by atoms with van der Waals surface area (Å²) in [6.45, 7) is 3.54. The minimum Gasteiger partial charge on any atom is -0.464 e. The van der Waals surface area contributed by atoms with Crippen molar-refractivity contribution in [2.24, 2.45) is 0 Å². The molecule has 0 amide bonds. The predicted octanol–water partition coefficient (Wildman–Crippen LogP) is 1.05. The smallest absolute Gasteiger partial charge is 0.343 e. The quantitative estimate of drug-likeness (QED) is 0.640. The van der Waals surface area contributed by atoms with Gasteiger partial charge in [-0.05, 0) is 13.3 Å². The van der Waals surface area contributed by atoms with Crippen LogP contribution in [0.5, 0.6) is 0 Å². The monoisotopic (exact) mass is 178 g/mol. The normalized spacial score (nSPS) is 15.3. The third-order valence-electron chi connectivity index (χ3n) is 1.43. The molecule has 0 aromatic heterocycles. The van der Waals surface area contributed by atoms with Gasteiger partial charge in [0.25, 0.3) is 0 Å². The minimum atomic E-state index is -1.90. The van der Waals surface area contributed by atoms with Crippen molar-refractivity contribution in [1.82, 2.24) is 0 Å². The second-order valence-electron chi connectivity index (χ2n) is 2.51. The number of hydrogen-bond acceptors (Lipinski definition) is 3. The van der Waals surface area contributed by atoms with Gasteiger partial charge in [0.05, 0.1) is 12.7 Å². The lowest BCUT2D eigenvalue weighted by atomic mass is 10.1. The predicted molar refractivity (Wildman–Crippen MR) is 42.4 cm³/mol. The molecule has 0 unspecified atom stereocenters. The summed E-state index contributed by atoms with van der Waals surface area (Å²) in [5.41, 5.74) is 0. The Morgan fingerprint density at radius 2 is 2.17 bits per heavy atom. The zero-order valence-electron chi connectivity index (χ0n) is 7.42. The number of aliphatic hydroxyl groups is 1. The van der Waals surface area contributed by atoms with Gasteiger partial charge in [-0.15, -0.1) is 0 Å². The lowest BCUT2D eigenvalue weighted by molar-refractivity contribution is -0.153. The molecule has 0 aliphatic heterocycles. The molecule has 0 saturated carbocycles. The molecule has 0 aliphatic rings. The van der Waals surface area contributed by atoms with E-state index in [2.05, 4.69) is 4.74 Å². The Labute approximate surface area is 71.5 Å². The van der Waals surface area contributed by atoms with Crippen molar-refractivity contribution in [2.75, 3.05) is 6.61 Å². The van der Waals surface area contributed by atoms with Crippen LogP contribution in [0.1, 0.15) is 26.7 Å². The van der Waals surface area contributed by atoms with Crippen LogP contribution in [0.2, 0.25) is 0 Å². The second-order valence-corrected chi connectivity index (χ2v) is 2.51. The molecular formula is C8H15FO3. The average Bonchev–Trinajstić information content (AvgIpc) is 2.04. The molecule has 0 fully saturated rings. The molecule has 0 bridgehead atoms. The van der Waals surface area contributed by atoms with Crippen LogP contribution in [0.15, 0.2) is 0 Å². The van der Waals surface area contributed by atoms with Gasteiger partial charge in [0.1, 0.15) is 0 Å². The van der Waals surface area contributed by atoms with E-state index in [0.29, 0.717) is 6.42 Å². The van der Waals surface area contributed by atoms with Gasteiger partial charge in [0, 0.05) is 0 Å². The van der Waals surface area contributed by atoms with Gasteiger partial charge in [0.2, 0.25) is 6.17 Å². The zero-order chi connectivity index (χ0) is 9.56. The average molecular weight is 178 g/mol. The summed E-state index contributed by atoms with van der Waals surface area (Å²) in [4.78, 5) is 10.7. The van der Waals surface area contributed by atoms with E-state index >= 15 is 0 Å². The summed E-state index contributed by atoms with van der Waals surface area (Å²) in [5, 5.41) is 9.04.